The highest BCUT2D eigenvalue weighted by molar-refractivity contribution is 5.81. The van der Waals surface area contributed by atoms with Gasteiger partial charge in [-0.3, -0.25) is 4.90 Å². The average Bonchev–Trinajstić information content (AvgIpc) is 3.32. The predicted molar refractivity (Wildman–Crippen MR) is 119 cm³/mol. The Morgan fingerprint density at radius 3 is 2.88 bits per heavy atom. The van der Waals surface area contributed by atoms with E-state index in [4.69, 9.17) is 4.74 Å². The van der Waals surface area contributed by atoms with E-state index in [-0.39, 0.29) is 17.2 Å². The molecule has 32 heavy (non-hydrogen) atoms. The largest absolute Gasteiger partial charge is 0.434 e. The van der Waals surface area contributed by atoms with E-state index in [0.29, 0.717) is 22.8 Å². The van der Waals surface area contributed by atoms with Crippen LogP contribution in [0.2, 0.25) is 0 Å². The first-order valence-electron chi connectivity index (χ1n) is 10.5. The van der Waals surface area contributed by atoms with Gasteiger partial charge in [0.1, 0.15) is 12.4 Å². The Kier molecular flexibility index (Phi) is 5.54. The van der Waals surface area contributed by atoms with Crippen LogP contribution in [0.25, 0.3) is 10.9 Å². The Balaban J connectivity index is 1.34. The van der Waals surface area contributed by atoms with E-state index in [1.807, 2.05) is 6.08 Å². The van der Waals surface area contributed by atoms with Crippen molar-refractivity contribution in [3.05, 3.63) is 66.0 Å². The summed E-state index contributed by atoms with van der Waals surface area (Å²) in [4.78, 5) is 13.7. The fourth-order valence-electron chi connectivity index (χ4n) is 4.02. The fourth-order valence-corrected chi connectivity index (χ4v) is 4.02. The van der Waals surface area contributed by atoms with E-state index >= 15 is 0 Å². The van der Waals surface area contributed by atoms with Crippen molar-refractivity contribution in [3.63, 3.8) is 0 Å². The monoisotopic (exact) mass is 431 g/mol. The van der Waals surface area contributed by atoms with Gasteiger partial charge in [-0.2, -0.15) is 5.26 Å². The molecule has 3 aromatic rings. The molecule has 1 unspecified atom stereocenters. The van der Waals surface area contributed by atoms with Crippen molar-refractivity contribution in [3.8, 4) is 17.7 Å². The van der Waals surface area contributed by atoms with Gasteiger partial charge < -0.3 is 20.4 Å². The number of ether oxygens (including phenoxy) is 1. The van der Waals surface area contributed by atoms with E-state index in [1.165, 1.54) is 12.4 Å². The zero-order chi connectivity index (χ0) is 21.9. The van der Waals surface area contributed by atoms with Crippen LogP contribution in [0.1, 0.15) is 12.0 Å². The Morgan fingerprint density at radius 1 is 1.22 bits per heavy atom. The first-order valence-corrected chi connectivity index (χ1v) is 10.5. The third-order valence-electron chi connectivity index (χ3n) is 5.72. The molecule has 1 saturated heterocycles. The second kappa shape index (κ2) is 8.78. The van der Waals surface area contributed by atoms with Crippen LogP contribution in [0.5, 0.6) is 11.6 Å². The number of aromatic amines is 1. The topological polar surface area (TPSA) is 102 Å². The van der Waals surface area contributed by atoms with E-state index in [2.05, 4.69) is 48.7 Å². The van der Waals surface area contributed by atoms with Crippen LogP contribution >= 0.6 is 0 Å². The van der Waals surface area contributed by atoms with Crippen LogP contribution in [-0.2, 0) is 0 Å². The number of halogens is 1. The number of H-pyrrole nitrogens is 1. The van der Waals surface area contributed by atoms with Gasteiger partial charge in [0, 0.05) is 55.0 Å². The summed E-state index contributed by atoms with van der Waals surface area (Å²) in [7, 11) is 0. The highest BCUT2D eigenvalue weighted by Gasteiger charge is 2.21. The number of allylic oxidation sites excluding steroid dienone is 1. The molecule has 0 radical (unpaired) electrons. The van der Waals surface area contributed by atoms with Gasteiger partial charge in [0.15, 0.2) is 22.9 Å². The molecule has 162 valence electrons. The summed E-state index contributed by atoms with van der Waals surface area (Å²) in [5, 5.41) is 16.7. The quantitative estimate of drug-likeness (QED) is 0.570. The van der Waals surface area contributed by atoms with Crippen molar-refractivity contribution in [2.24, 2.45) is 0 Å². The molecule has 9 heteroatoms. The van der Waals surface area contributed by atoms with Gasteiger partial charge in [-0.05, 0) is 30.7 Å². The molecule has 8 nitrogen and oxygen atoms in total. The molecular formula is C23H22FN7O. The minimum atomic E-state index is -0.516. The summed E-state index contributed by atoms with van der Waals surface area (Å²) in [6.45, 7) is 4.07. The highest BCUT2D eigenvalue weighted by Crippen LogP contribution is 2.32. The maximum Gasteiger partial charge on any atom is 0.242 e. The maximum absolute atomic E-state index is 14.8. The summed E-state index contributed by atoms with van der Waals surface area (Å²) in [6, 6.07) is 7.30. The second-order valence-electron chi connectivity index (χ2n) is 7.67. The van der Waals surface area contributed by atoms with Crippen LogP contribution in [-0.4, -0.2) is 52.1 Å². The van der Waals surface area contributed by atoms with Gasteiger partial charge in [0.2, 0.25) is 5.88 Å². The number of hydrogen-bond acceptors (Lipinski definition) is 7. The Labute approximate surface area is 184 Å². The number of nitriles is 1. The van der Waals surface area contributed by atoms with Crippen molar-refractivity contribution in [1.82, 2.24) is 25.2 Å². The van der Waals surface area contributed by atoms with Gasteiger partial charge >= 0.3 is 0 Å². The number of fused-ring (bicyclic) bond motifs is 1. The van der Waals surface area contributed by atoms with Crippen LogP contribution in [0.4, 0.5) is 10.2 Å². The first kappa shape index (κ1) is 20.2. The zero-order valence-electron chi connectivity index (χ0n) is 17.3. The van der Waals surface area contributed by atoms with Crippen molar-refractivity contribution in [2.75, 3.05) is 31.5 Å². The SMILES string of the molecule is N#Cc1c(NC2=CCC(N3CCNCC3)C=C2)ncnc1Oc1ccc2[nH]ccc2c1F. The number of nitrogens with one attached hydrogen (secondary N) is 3. The number of benzene rings is 1. The average molecular weight is 431 g/mol. The molecule has 2 aromatic heterocycles. The Morgan fingerprint density at radius 2 is 2.09 bits per heavy atom. The van der Waals surface area contributed by atoms with Gasteiger partial charge in [-0.25, -0.2) is 14.4 Å². The molecule has 0 amide bonds. The van der Waals surface area contributed by atoms with Gasteiger partial charge in [0.25, 0.3) is 0 Å². The third-order valence-corrected chi connectivity index (χ3v) is 5.72. The van der Waals surface area contributed by atoms with E-state index in [0.717, 1.165) is 38.3 Å². The molecule has 3 heterocycles. The molecule has 1 aliphatic heterocycles. The molecule has 2 aliphatic rings. The molecule has 0 bridgehead atoms. The molecule has 1 atom stereocenters. The lowest BCUT2D eigenvalue weighted by molar-refractivity contribution is 0.202. The van der Waals surface area contributed by atoms with Crippen LogP contribution in [0.3, 0.4) is 0 Å². The number of nitrogens with zero attached hydrogens (tertiary/aromatic N) is 4. The zero-order valence-corrected chi connectivity index (χ0v) is 17.3. The molecule has 0 saturated carbocycles. The van der Waals surface area contributed by atoms with Crippen LogP contribution < -0.4 is 15.4 Å². The number of aromatic nitrogens is 3. The van der Waals surface area contributed by atoms with Crippen LogP contribution in [0, 0.1) is 17.1 Å². The molecular weight excluding hydrogens is 409 g/mol. The predicted octanol–water partition coefficient (Wildman–Crippen LogP) is 3.29. The van der Waals surface area contributed by atoms with Crippen molar-refractivity contribution in [1.29, 1.82) is 5.26 Å². The van der Waals surface area contributed by atoms with E-state index in [1.54, 1.807) is 18.3 Å². The van der Waals surface area contributed by atoms with Crippen molar-refractivity contribution < 1.29 is 9.13 Å². The molecule has 1 aliphatic carbocycles. The number of anilines is 1. The number of piperazine rings is 1. The van der Waals surface area contributed by atoms with Gasteiger partial charge in [-0.1, -0.05) is 12.2 Å². The minimum Gasteiger partial charge on any atom is -0.434 e. The third kappa shape index (κ3) is 3.93. The summed E-state index contributed by atoms with van der Waals surface area (Å²) in [5.74, 6) is -0.207. The van der Waals surface area contributed by atoms with Gasteiger partial charge in [0.05, 0.1) is 0 Å². The molecule has 1 aromatic carbocycles. The maximum atomic E-state index is 14.8. The molecule has 5 rings (SSSR count). The second-order valence-corrected chi connectivity index (χ2v) is 7.67. The standard InChI is InChI=1S/C23H22FN7O/c24-21-17-7-8-27-19(17)5-6-20(21)32-23-18(13-25)22(28-14-29-23)30-15-1-3-16(4-2-15)31-11-9-26-10-12-31/h1-3,5-8,14,16,26-27H,4,9-12H2,(H,28,29,30). The lowest BCUT2D eigenvalue weighted by Gasteiger charge is -2.34. The Hall–Kier alpha value is -3.74. The summed E-state index contributed by atoms with van der Waals surface area (Å²) in [5.41, 5.74) is 1.62. The lowest BCUT2D eigenvalue weighted by atomic mass is 10.0. The minimum absolute atomic E-state index is 0.00197. The fraction of sp³-hybridized carbons (Fsp3) is 0.261. The summed E-state index contributed by atoms with van der Waals surface area (Å²) < 4.78 is 20.5. The molecule has 0 spiro atoms. The van der Waals surface area contributed by atoms with Gasteiger partial charge in [-0.15, -0.1) is 0 Å². The lowest BCUT2D eigenvalue weighted by Crippen LogP contribution is -2.48. The molecule has 3 N–H and O–H groups in total. The van der Waals surface area contributed by atoms with Crippen LogP contribution in [0.15, 0.2) is 54.6 Å². The van der Waals surface area contributed by atoms with Crippen molar-refractivity contribution >= 4 is 16.7 Å². The summed E-state index contributed by atoms with van der Waals surface area (Å²) in [6.07, 6.45) is 10.1. The first-order chi connectivity index (χ1) is 15.7. The number of hydrogen-bond donors (Lipinski definition) is 3. The van der Waals surface area contributed by atoms with E-state index in [9.17, 15) is 9.65 Å². The molecule has 1 fully saturated rings. The summed E-state index contributed by atoms with van der Waals surface area (Å²) >= 11 is 0. The number of rotatable bonds is 5. The van der Waals surface area contributed by atoms with Crippen molar-refractivity contribution in [2.45, 2.75) is 12.5 Å². The van der Waals surface area contributed by atoms with E-state index < -0.39 is 5.82 Å². The highest BCUT2D eigenvalue weighted by atomic mass is 19.1. The smallest absolute Gasteiger partial charge is 0.242 e. The Bertz CT molecular complexity index is 1240. The normalized spacial score (nSPS) is 18.9.